The van der Waals surface area contributed by atoms with Gasteiger partial charge in [-0.3, -0.25) is 4.79 Å². The minimum atomic E-state index is -1.55. The van der Waals surface area contributed by atoms with E-state index in [0.717, 1.165) is 70.6 Å². The highest BCUT2D eigenvalue weighted by atomic mass is 16.7. The van der Waals surface area contributed by atoms with Gasteiger partial charge in [0.15, 0.2) is 6.29 Å². The molecule has 53 heavy (non-hydrogen) atoms. The molecule has 6 atom stereocenters. The number of allylic oxidation sites excluding steroid dienone is 12. The van der Waals surface area contributed by atoms with Gasteiger partial charge < -0.3 is 39.4 Å². The molecule has 0 aromatic rings. The molecule has 9 heteroatoms. The third-order valence-electron chi connectivity index (χ3n) is 8.89. The molecule has 9 nitrogen and oxygen atoms in total. The maximum atomic E-state index is 12.7. The Labute approximate surface area is 321 Å². The third-order valence-corrected chi connectivity index (χ3v) is 8.89. The van der Waals surface area contributed by atoms with Gasteiger partial charge in [-0.15, -0.1) is 0 Å². The number of esters is 1. The first kappa shape index (κ1) is 48.6. The average molecular weight is 747 g/mol. The second-order valence-electron chi connectivity index (χ2n) is 13.7. The van der Waals surface area contributed by atoms with Crippen LogP contribution in [0, 0.1) is 0 Å². The fraction of sp³-hybridized carbons (Fsp3) is 0.705. The quantitative estimate of drug-likeness (QED) is 0.0296. The second-order valence-corrected chi connectivity index (χ2v) is 13.7. The first-order valence-corrected chi connectivity index (χ1v) is 20.5. The van der Waals surface area contributed by atoms with E-state index in [1.807, 2.05) is 0 Å². The maximum absolute atomic E-state index is 12.7. The van der Waals surface area contributed by atoms with Crippen molar-refractivity contribution >= 4 is 5.97 Å². The summed E-state index contributed by atoms with van der Waals surface area (Å²) in [5, 5.41) is 40.0. The predicted octanol–water partition coefficient (Wildman–Crippen LogP) is 8.52. The Kier molecular flexibility index (Phi) is 32.4. The molecule has 0 aromatic heterocycles. The van der Waals surface area contributed by atoms with E-state index in [1.165, 1.54) is 44.9 Å². The Bertz CT molecular complexity index is 1030. The van der Waals surface area contributed by atoms with Crippen LogP contribution in [0.4, 0.5) is 0 Å². The fourth-order valence-electron chi connectivity index (χ4n) is 5.68. The van der Waals surface area contributed by atoms with Gasteiger partial charge in [0.1, 0.15) is 30.5 Å². The van der Waals surface area contributed by atoms with E-state index in [-0.39, 0.29) is 19.2 Å². The molecule has 0 aromatic carbocycles. The van der Waals surface area contributed by atoms with Gasteiger partial charge in [0, 0.05) is 13.0 Å². The summed E-state index contributed by atoms with van der Waals surface area (Å²) in [7, 11) is 0. The van der Waals surface area contributed by atoms with Crippen molar-refractivity contribution < 1.29 is 44.2 Å². The maximum Gasteiger partial charge on any atom is 0.306 e. The fourth-order valence-corrected chi connectivity index (χ4v) is 5.68. The van der Waals surface area contributed by atoms with Crippen molar-refractivity contribution in [2.45, 2.75) is 173 Å². The van der Waals surface area contributed by atoms with Crippen molar-refractivity contribution in [2.75, 3.05) is 26.4 Å². The zero-order valence-electron chi connectivity index (χ0n) is 33.0. The lowest BCUT2D eigenvalue weighted by Gasteiger charge is -2.39. The van der Waals surface area contributed by atoms with E-state index >= 15 is 0 Å². The van der Waals surface area contributed by atoms with E-state index in [1.54, 1.807) is 0 Å². The monoisotopic (exact) mass is 747 g/mol. The Balaban J connectivity index is 2.34. The van der Waals surface area contributed by atoms with Gasteiger partial charge in [0.25, 0.3) is 0 Å². The zero-order chi connectivity index (χ0) is 38.6. The van der Waals surface area contributed by atoms with Crippen LogP contribution in [-0.4, -0.2) is 89.6 Å². The molecule has 1 heterocycles. The minimum absolute atomic E-state index is 0.102. The number of hydrogen-bond acceptors (Lipinski definition) is 9. The lowest BCUT2D eigenvalue weighted by Crippen LogP contribution is -2.59. The Hall–Kier alpha value is -2.37. The summed E-state index contributed by atoms with van der Waals surface area (Å²) in [5.41, 5.74) is 0. The summed E-state index contributed by atoms with van der Waals surface area (Å²) in [6.07, 6.45) is 38.0. The zero-order valence-corrected chi connectivity index (χ0v) is 33.0. The first-order chi connectivity index (χ1) is 25.9. The lowest BCUT2D eigenvalue weighted by atomic mass is 9.99. The van der Waals surface area contributed by atoms with E-state index in [9.17, 15) is 25.2 Å². The minimum Gasteiger partial charge on any atom is -0.457 e. The van der Waals surface area contributed by atoms with Crippen molar-refractivity contribution in [3.8, 4) is 0 Å². The van der Waals surface area contributed by atoms with E-state index in [2.05, 4.69) is 86.8 Å². The number of unbranched alkanes of at least 4 members (excludes halogenated alkanes) is 10. The van der Waals surface area contributed by atoms with Crippen LogP contribution in [0.2, 0.25) is 0 Å². The van der Waals surface area contributed by atoms with Crippen LogP contribution in [0.15, 0.2) is 72.9 Å². The summed E-state index contributed by atoms with van der Waals surface area (Å²) in [6.45, 7) is 4.25. The van der Waals surface area contributed by atoms with Crippen LogP contribution in [0.1, 0.15) is 136 Å². The SMILES string of the molecule is CC/C=C\C/C=C\C/C=C\C/C=C\C/C=C\C/C=C\CCCOCC(COC1OC(CO)C(O)C(O)C1O)OC(=O)CCCCCCCCCCCC. The van der Waals surface area contributed by atoms with Gasteiger partial charge in [0.05, 0.1) is 19.8 Å². The number of aliphatic hydroxyl groups is 4. The van der Waals surface area contributed by atoms with E-state index in [4.69, 9.17) is 18.9 Å². The van der Waals surface area contributed by atoms with Crippen molar-refractivity contribution in [3.05, 3.63) is 72.9 Å². The molecule has 0 amide bonds. The molecule has 6 unspecified atom stereocenters. The van der Waals surface area contributed by atoms with Gasteiger partial charge >= 0.3 is 5.97 Å². The molecule has 304 valence electrons. The predicted molar refractivity (Wildman–Crippen MR) is 214 cm³/mol. The van der Waals surface area contributed by atoms with Gasteiger partial charge in [-0.2, -0.15) is 0 Å². The molecule has 1 aliphatic rings. The van der Waals surface area contributed by atoms with Gasteiger partial charge in [0.2, 0.25) is 0 Å². The molecule has 1 saturated heterocycles. The normalized spacial score (nSPS) is 21.8. The Morgan fingerprint density at radius 1 is 0.623 bits per heavy atom. The average Bonchev–Trinajstić information content (AvgIpc) is 3.16. The number of carbonyl (C=O) groups is 1. The van der Waals surface area contributed by atoms with Crippen molar-refractivity contribution in [2.24, 2.45) is 0 Å². The van der Waals surface area contributed by atoms with Crippen LogP contribution in [0.5, 0.6) is 0 Å². The highest BCUT2D eigenvalue weighted by Gasteiger charge is 2.44. The van der Waals surface area contributed by atoms with Crippen LogP contribution in [-0.2, 0) is 23.7 Å². The molecule has 1 rings (SSSR count). The molecule has 1 fully saturated rings. The molecule has 4 N–H and O–H groups in total. The molecule has 1 aliphatic heterocycles. The summed E-state index contributed by atoms with van der Waals surface area (Å²) >= 11 is 0. The number of hydrogen-bond donors (Lipinski definition) is 4. The summed E-state index contributed by atoms with van der Waals surface area (Å²) in [4.78, 5) is 12.7. The van der Waals surface area contributed by atoms with Crippen LogP contribution in [0.25, 0.3) is 0 Å². The second kappa shape index (κ2) is 35.3. The summed E-state index contributed by atoms with van der Waals surface area (Å²) < 4.78 is 22.6. The number of ether oxygens (including phenoxy) is 4. The molecule has 0 spiro atoms. The molecule has 0 bridgehead atoms. The number of rotatable bonds is 33. The lowest BCUT2D eigenvalue weighted by molar-refractivity contribution is -0.305. The Morgan fingerprint density at radius 3 is 1.66 bits per heavy atom. The van der Waals surface area contributed by atoms with E-state index < -0.39 is 43.4 Å². The molecule has 0 saturated carbocycles. The molecule has 0 aliphatic carbocycles. The van der Waals surface area contributed by atoms with Crippen LogP contribution in [0.3, 0.4) is 0 Å². The number of carbonyl (C=O) groups excluding carboxylic acids is 1. The van der Waals surface area contributed by atoms with Gasteiger partial charge in [-0.25, -0.2) is 0 Å². The highest BCUT2D eigenvalue weighted by molar-refractivity contribution is 5.69. The highest BCUT2D eigenvalue weighted by Crippen LogP contribution is 2.22. The molecular formula is C44H74O9. The Morgan fingerprint density at radius 2 is 1.13 bits per heavy atom. The molecule has 0 radical (unpaired) electrons. The van der Waals surface area contributed by atoms with E-state index in [0.29, 0.717) is 13.0 Å². The van der Waals surface area contributed by atoms with Gasteiger partial charge in [-0.1, -0.05) is 145 Å². The topological polar surface area (TPSA) is 135 Å². The van der Waals surface area contributed by atoms with Crippen LogP contribution < -0.4 is 0 Å². The third kappa shape index (κ3) is 27.0. The van der Waals surface area contributed by atoms with Crippen molar-refractivity contribution in [3.63, 3.8) is 0 Å². The smallest absolute Gasteiger partial charge is 0.306 e. The molecular weight excluding hydrogens is 672 g/mol. The standard InChI is InChI=1S/C44H74O9/c1-3-5-7-9-11-13-15-16-17-18-19-20-21-22-23-24-26-28-30-32-34-50-36-38(37-51-44-43(49)42(48)41(47)39(35-45)53-44)52-40(46)33-31-29-27-25-14-12-10-8-6-4-2/h5,7,11,13,16-17,19-20,22-23,26,28,38-39,41-45,47-49H,3-4,6,8-10,12,14-15,18,21,24-25,27,29-37H2,1-2H3/b7-5-,13-11-,17-16-,20-19-,23-22-,28-26-. The number of aliphatic hydroxyl groups excluding tert-OH is 4. The first-order valence-electron chi connectivity index (χ1n) is 20.5. The van der Waals surface area contributed by atoms with Crippen LogP contribution >= 0.6 is 0 Å². The summed E-state index contributed by atoms with van der Waals surface area (Å²) in [5.74, 6) is -0.339. The largest absolute Gasteiger partial charge is 0.457 e. The van der Waals surface area contributed by atoms with Gasteiger partial charge in [-0.05, 0) is 57.8 Å². The van der Waals surface area contributed by atoms with Crippen molar-refractivity contribution in [1.29, 1.82) is 0 Å². The summed E-state index contributed by atoms with van der Waals surface area (Å²) in [6, 6.07) is 0. The van der Waals surface area contributed by atoms with Crippen molar-refractivity contribution in [1.82, 2.24) is 0 Å².